The minimum absolute atomic E-state index is 0.359. The zero-order chi connectivity index (χ0) is 13.2. The quantitative estimate of drug-likeness (QED) is 0.750. The van der Waals surface area contributed by atoms with Gasteiger partial charge in [0.1, 0.15) is 0 Å². The van der Waals surface area contributed by atoms with Crippen LogP contribution < -0.4 is 4.90 Å². The molecule has 3 heteroatoms. The van der Waals surface area contributed by atoms with Crippen LogP contribution in [0.3, 0.4) is 0 Å². The lowest BCUT2D eigenvalue weighted by atomic mass is 9.67. The average Bonchev–Trinajstić information content (AvgIpc) is 2.47. The molecule has 0 spiro atoms. The lowest BCUT2D eigenvalue weighted by Crippen LogP contribution is -3.12. The molecule has 1 N–H and O–H groups in total. The molecule has 3 nitrogen and oxygen atoms in total. The number of piperazine rings is 1. The summed E-state index contributed by atoms with van der Waals surface area (Å²) in [7, 11) is 2.23. The molecule has 0 bridgehead atoms. The summed E-state index contributed by atoms with van der Waals surface area (Å²) in [6.45, 7) is 4.22. The van der Waals surface area contributed by atoms with Crippen LogP contribution in [0, 0.1) is 17.8 Å². The third-order valence-corrected chi connectivity index (χ3v) is 5.82. The second-order valence-electron chi connectivity index (χ2n) is 7.10. The summed E-state index contributed by atoms with van der Waals surface area (Å²) < 4.78 is 0. The van der Waals surface area contributed by atoms with Crippen molar-refractivity contribution in [2.75, 3.05) is 33.2 Å². The molecule has 3 atom stereocenters. The Hall–Kier alpha value is -0.570. The Morgan fingerprint density at radius 1 is 1.00 bits per heavy atom. The first-order valence-corrected chi connectivity index (χ1v) is 8.34. The molecule has 1 heterocycles. The van der Waals surface area contributed by atoms with Crippen LogP contribution in [0.4, 0.5) is 0 Å². The lowest BCUT2D eigenvalue weighted by molar-refractivity contribution is -0.883. The Labute approximate surface area is 117 Å². The number of rotatable bonds is 1. The Kier molecular flexibility index (Phi) is 4.11. The van der Waals surface area contributed by atoms with Gasteiger partial charge in [-0.15, -0.1) is 0 Å². The zero-order valence-corrected chi connectivity index (χ0v) is 12.4. The van der Waals surface area contributed by atoms with Crippen LogP contribution >= 0.6 is 0 Å². The minimum Gasteiger partial charge on any atom is -0.334 e. The molecule has 3 fully saturated rings. The van der Waals surface area contributed by atoms with E-state index in [9.17, 15) is 4.79 Å². The maximum absolute atomic E-state index is 12.7. The molecule has 0 unspecified atom stereocenters. The van der Waals surface area contributed by atoms with Gasteiger partial charge >= 0.3 is 0 Å². The van der Waals surface area contributed by atoms with Gasteiger partial charge in [0.15, 0.2) is 0 Å². The van der Waals surface area contributed by atoms with Crippen molar-refractivity contribution in [1.82, 2.24) is 4.90 Å². The van der Waals surface area contributed by atoms with E-state index >= 15 is 0 Å². The molecule has 108 valence electrons. The van der Waals surface area contributed by atoms with Gasteiger partial charge in [-0.05, 0) is 31.1 Å². The maximum atomic E-state index is 12.7. The molecule has 0 aromatic heterocycles. The number of likely N-dealkylation sites (N-methyl/N-ethyl adjacent to an activating group) is 1. The molecule has 0 aromatic carbocycles. The van der Waals surface area contributed by atoms with Crippen LogP contribution in [-0.4, -0.2) is 44.0 Å². The molecule has 1 aliphatic heterocycles. The van der Waals surface area contributed by atoms with Crippen LogP contribution in [0.25, 0.3) is 0 Å². The number of quaternary nitrogens is 1. The summed E-state index contributed by atoms with van der Waals surface area (Å²) >= 11 is 0. The van der Waals surface area contributed by atoms with Crippen molar-refractivity contribution in [3.63, 3.8) is 0 Å². The fourth-order valence-corrected chi connectivity index (χ4v) is 4.46. The van der Waals surface area contributed by atoms with E-state index in [1.165, 1.54) is 44.9 Å². The standard InChI is InChI=1S/C16H28N2O/c1-17-8-10-18(11-9-17)16(19)15-7-6-13-4-2-3-5-14(13)12-15/h13-15H,2-12H2,1H3/p+1/t13-,14+,15+/m0/s1. The molecule has 1 saturated heterocycles. The minimum atomic E-state index is 0.359. The first kappa shape index (κ1) is 13.4. The monoisotopic (exact) mass is 265 g/mol. The van der Waals surface area contributed by atoms with E-state index in [2.05, 4.69) is 11.9 Å². The van der Waals surface area contributed by atoms with Gasteiger partial charge in [0.2, 0.25) is 5.91 Å². The zero-order valence-electron chi connectivity index (χ0n) is 12.4. The van der Waals surface area contributed by atoms with Crippen LogP contribution in [0.5, 0.6) is 0 Å². The van der Waals surface area contributed by atoms with Gasteiger partial charge < -0.3 is 9.80 Å². The second-order valence-corrected chi connectivity index (χ2v) is 7.10. The van der Waals surface area contributed by atoms with E-state index in [1.807, 2.05) is 0 Å². The SMILES string of the molecule is C[NH+]1CCN(C(=O)[C@@H]2CC[C@@H]3CCCC[C@@H]3C2)CC1. The summed E-state index contributed by atoms with van der Waals surface area (Å²) in [6.07, 6.45) is 9.34. The van der Waals surface area contributed by atoms with Crippen molar-refractivity contribution < 1.29 is 9.69 Å². The van der Waals surface area contributed by atoms with E-state index in [1.54, 1.807) is 4.90 Å². The Morgan fingerprint density at radius 2 is 1.68 bits per heavy atom. The largest absolute Gasteiger partial charge is 0.334 e. The number of fused-ring (bicyclic) bond motifs is 1. The molecule has 1 amide bonds. The second kappa shape index (κ2) is 5.82. The van der Waals surface area contributed by atoms with Crippen LogP contribution in [0.1, 0.15) is 44.9 Å². The van der Waals surface area contributed by atoms with Gasteiger partial charge in [-0.3, -0.25) is 4.79 Å². The van der Waals surface area contributed by atoms with Gasteiger partial charge in [0.05, 0.1) is 33.2 Å². The first-order chi connectivity index (χ1) is 9.24. The highest BCUT2D eigenvalue weighted by molar-refractivity contribution is 5.79. The normalized spacial score (nSPS) is 36.9. The first-order valence-electron chi connectivity index (χ1n) is 8.34. The van der Waals surface area contributed by atoms with Gasteiger partial charge in [-0.25, -0.2) is 0 Å². The Morgan fingerprint density at radius 3 is 2.42 bits per heavy atom. The number of carbonyl (C=O) groups is 1. The highest BCUT2D eigenvalue weighted by atomic mass is 16.2. The third-order valence-electron chi connectivity index (χ3n) is 5.82. The molecule has 3 aliphatic rings. The fourth-order valence-electron chi connectivity index (χ4n) is 4.46. The van der Waals surface area contributed by atoms with E-state index < -0.39 is 0 Å². The van der Waals surface area contributed by atoms with Crippen molar-refractivity contribution in [3.8, 4) is 0 Å². The molecule has 0 radical (unpaired) electrons. The van der Waals surface area contributed by atoms with Crippen molar-refractivity contribution in [3.05, 3.63) is 0 Å². The Balaban J connectivity index is 1.55. The highest BCUT2D eigenvalue weighted by Crippen LogP contribution is 2.43. The van der Waals surface area contributed by atoms with Gasteiger partial charge in [-0.2, -0.15) is 0 Å². The summed E-state index contributed by atoms with van der Waals surface area (Å²) in [6, 6.07) is 0. The summed E-state index contributed by atoms with van der Waals surface area (Å²) in [4.78, 5) is 16.4. The summed E-state index contributed by atoms with van der Waals surface area (Å²) in [5.41, 5.74) is 0. The van der Waals surface area contributed by atoms with Crippen LogP contribution in [0.15, 0.2) is 0 Å². The number of carbonyl (C=O) groups excluding carboxylic acids is 1. The van der Waals surface area contributed by atoms with E-state index in [4.69, 9.17) is 0 Å². The summed E-state index contributed by atoms with van der Waals surface area (Å²) in [5.74, 6) is 2.67. The van der Waals surface area contributed by atoms with Crippen molar-refractivity contribution in [2.24, 2.45) is 17.8 Å². The predicted octanol–water partition coefficient (Wildman–Crippen LogP) is 0.950. The molecule has 2 saturated carbocycles. The fraction of sp³-hybridized carbons (Fsp3) is 0.938. The number of hydrogen-bond acceptors (Lipinski definition) is 1. The van der Waals surface area contributed by atoms with Crippen LogP contribution in [0.2, 0.25) is 0 Å². The predicted molar refractivity (Wildman–Crippen MR) is 76.0 cm³/mol. The molecule has 0 aromatic rings. The van der Waals surface area contributed by atoms with E-state index in [-0.39, 0.29) is 0 Å². The van der Waals surface area contributed by atoms with Crippen molar-refractivity contribution in [2.45, 2.75) is 44.9 Å². The van der Waals surface area contributed by atoms with E-state index in [0.717, 1.165) is 38.0 Å². The van der Waals surface area contributed by atoms with Gasteiger partial charge in [-0.1, -0.05) is 25.7 Å². The number of hydrogen-bond donors (Lipinski definition) is 1. The molecular weight excluding hydrogens is 236 g/mol. The van der Waals surface area contributed by atoms with Crippen molar-refractivity contribution >= 4 is 5.91 Å². The number of nitrogens with one attached hydrogen (secondary N) is 1. The average molecular weight is 265 g/mol. The molecule has 19 heavy (non-hydrogen) atoms. The van der Waals surface area contributed by atoms with Crippen molar-refractivity contribution in [1.29, 1.82) is 0 Å². The Bertz CT molecular complexity index is 323. The smallest absolute Gasteiger partial charge is 0.226 e. The molecule has 2 aliphatic carbocycles. The van der Waals surface area contributed by atoms with E-state index in [0.29, 0.717) is 11.8 Å². The lowest BCUT2D eigenvalue weighted by Gasteiger charge is -2.41. The maximum Gasteiger partial charge on any atom is 0.226 e. The summed E-state index contributed by atoms with van der Waals surface area (Å²) in [5, 5.41) is 0. The van der Waals surface area contributed by atoms with Crippen LogP contribution in [-0.2, 0) is 4.79 Å². The highest BCUT2D eigenvalue weighted by Gasteiger charge is 2.37. The third kappa shape index (κ3) is 2.96. The molecule has 3 rings (SSSR count). The topological polar surface area (TPSA) is 24.8 Å². The van der Waals surface area contributed by atoms with Gasteiger partial charge in [0.25, 0.3) is 0 Å². The number of amides is 1. The number of nitrogens with zero attached hydrogens (tertiary/aromatic N) is 1. The molecular formula is C16H29N2O+. The van der Waals surface area contributed by atoms with Gasteiger partial charge in [0, 0.05) is 5.92 Å².